The van der Waals surface area contributed by atoms with E-state index in [2.05, 4.69) is 17.7 Å². The molecule has 2 nitrogen and oxygen atoms in total. The molecular formula is C6H10N2S. The minimum absolute atomic E-state index is 0.179. The van der Waals surface area contributed by atoms with E-state index in [1.807, 2.05) is 30.8 Å². The molecule has 1 atom stereocenters. The molecule has 3 heteroatoms. The fourth-order valence-electron chi connectivity index (χ4n) is 0.641. The summed E-state index contributed by atoms with van der Waals surface area (Å²) in [6.45, 7) is 3.95. The number of hydrogen-bond donors (Lipinski definition) is 1. The summed E-state index contributed by atoms with van der Waals surface area (Å²) in [7, 11) is 0. The van der Waals surface area contributed by atoms with Crippen LogP contribution in [0.3, 0.4) is 0 Å². The van der Waals surface area contributed by atoms with E-state index in [4.69, 9.17) is 0 Å². The van der Waals surface area contributed by atoms with Crippen LogP contribution in [0, 0.1) is 6.92 Å². The third kappa shape index (κ3) is 1.48. The van der Waals surface area contributed by atoms with Crippen molar-refractivity contribution in [2.24, 2.45) is 0 Å². The first-order chi connectivity index (χ1) is 4.20. The first-order valence-electron chi connectivity index (χ1n) is 2.90. The Bertz CT molecular complexity index is 193. The lowest BCUT2D eigenvalue weighted by molar-refractivity contribution is 0.640. The van der Waals surface area contributed by atoms with Crippen molar-refractivity contribution in [3.8, 4) is 0 Å². The van der Waals surface area contributed by atoms with Crippen molar-refractivity contribution >= 4 is 12.6 Å². The zero-order valence-electron chi connectivity index (χ0n) is 5.57. The van der Waals surface area contributed by atoms with E-state index in [0.717, 1.165) is 5.69 Å². The van der Waals surface area contributed by atoms with Crippen LogP contribution in [0.5, 0.6) is 0 Å². The summed E-state index contributed by atoms with van der Waals surface area (Å²) in [6, 6.07) is 1.96. The zero-order chi connectivity index (χ0) is 6.85. The van der Waals surface area contributed by atoms with E-state index in [1.165, 1.54) is 0 Å². The highest BCUT2D eigenvalue weighted by Gasteiger charge is 1.96. The second kappa shape index (κ2) is 2.43. The smallest absolute Gasteiger partial charge is 0.0914 e. The van der Waals surface area contributed by atoms with Gasteiger partial charge >= 0.3 is 0 Å². The van der Waals surface area contributed by atoms with Crippen molar-refractivity contribution in [3.05, 3.63) is 18.0 Å². The van der Waals surface area contributed by atoms with Crippen molar-refractivity contribution in [3.63, 3.8) is 0 Å². The number of nitrogens with zero attached hydrogens (tertiary/aromatic N) is 2. The highest BCUT2D eigenvalue weighted by Crippen LogP contribution is 2.07. The molecule has 0 bridgehead atoms. The first-order valence-corrected chi connectivity index (χ1v) is 3.41. The molecule has 0 aromatic carbocycles. The fraction of sp³-hybridized carbons (Fsp3) is 0.500. The molecule has 0 aliphatic heterocycles. The third-order valence-electron chi connectivity index (χ3n) is 1.12. The van der Waals surface area contributed by atoms with E-state index < -0.39 is 0 Å². The second-order valence-corrected chi connectivity index (χ2v) is 2.82. The molecule has 1 aromatic heterocycles. The van der Waals surface area contributed by atoms with Crippen LogP contribution in [0.2, 0.25) is 0 Å². The van der Waals surface area contributed by atoms with Crippen LogP contribution in [0.25, 0.3) is 0 Å². The Morgan fingerprint density at radius 3 is 2.67 bits per heavy atom. The van der Waals surface area contributed by atoms with Crippen molar-refractivity contribution in [2.75, 3.05) is 0 Å². The molecule has 0 fully saturated rings. The van der Waals surface area contributed by atoms with Crippen LogP contribution in [-0.2, 0) is 0 Å². The standard InChI is InChI=1S/C6H10N2S/c1-5-3-4-8(7-5)6(2)9/h3-4,6,9H,1-2H3. The van der Waals surface area contributed by atoms with E-state index >= 15 is 0 Å². The number of hydrogen-bond acceptors (Lipinski definition) is 2. The molecule has 0 aliphatic carbocycles. The monoisotopic (exact) mass is 142 g/mol. The summed E-state index contributed by atoms with van der Waals surface area (Å²) >= 11 is 4.20. The minimum atomic E-state index is 0.179. The Labute approximate surface area is 60.3 Å². The van der Waals surface area contributed by atoms with Gasteiger partial charge in [-0.3, -0.25) is 4.68 Å². The van der Waals surface area contributed by atoms with Crippen LogP contribution in [-0.4, -0.2) is 9.78 Å². The van der Waals surface area contributed by atoms with Crippen molar-refractivity contribution in [1.82, 2.24) is 9.78 Å². The van der Waals surface area contributed by atoms with Crippen LogP contribution >= 0.6 is 12.6 Å². The first kappa shape index (κ1) is 6.68. The molecule has 0 saturated heterocycles. The predicted molar refractivity (Wildman–Crippen MR) is 40.7 cm³/mol. The maximum atomic E-state index is 4.20. The molecule has 9 heavy (non-hydrogen) atoms. The van der Waals surface area contributed by atoms with Crippen LogP contribution in [0.1, 0.15) is 18.0 Å². The van der Waals surface area contributed by atoms with Gasteiger partial charge in [0.15, 0.2) is 0 Å². The Morgan fingerprint density at radius 2 is 2.44 bits per heavy atom. The molecule has 0 radical (unpaired) electrons. The van der Waals surface area contributed by atoms with Gasteiger partial charge in [-0.05, 0) is 19.9 Å². The maximum Gasteiger partial charge on any atom is 0.0914 e. The van der Waals surface area contributed by atoms with E-state index in [-0.39, 0.29) is 5.37 Å². The summed E-state index contributed by atoms with van der Waals surface area (Å²) < 4.78 is 1.82. The average molecular weight is 142 g/mol. The third-order valence-corrected chi connectivity index (χ3v) is 1.36. The molecule has 50 valence electrons. The van der Waals surface area contributed by atoms with Gasteiger partial charge in [0.25, 0.3) is 0 Å². The van der Waals surface area contributed by atoms with Crippen LogP contribution < -0.4 is 0 Å². The lowest BCUT2D eigenvalue weighted by atomic mass is 10.5. The Hall–Kier alpha value is -0.440. The normalized spacial score (nSPS) is 13.7. The zero-order valence-corrected chi connectivity index (χ0v) is 6.47. The highest BCUT2D eigenvalue weighted by atomic mass is 32.1. The molecule has 0 spiro atoms. The van der Waals surface area contributed by atoms with Crippen LogP contribution in [0.4, 0.5) is 0 Å². The molecule has 1 aromatic rings. The lowest BCUT2D eigenvalue weighted by Gasteiger charge is -2.01. The summed E-state index contributed by atoms with van der Waals surface area (Å²) in [4.78, 5) is 0. The Balaban J connectivity index is 2.85. The molecule has 0 N–H and O–H groups in total. The van der Waals surface area contributed by atoms with E-state index in [1.54, 1.807) is 0 Å². The fourth-order valence-corrected chi connectivity index (χ4v) is 0.770. The van der Waals surface area contributed by atoms with Crippen molar-refractivity contribution in [2.45, 2.75) is 19.2 Å². The van der Waals surface area contributed by atoms with Gasteiger partial charge in [-0.15, -0.1) is 0 Å². The van der Waals surface area contributed by atoms with Gasteiger partial charge in [0, 0.05) is 6.20 Å². The van der Waals surface area contributed by atoms with Gasteiger partial charge in [-0.1, -0.05) is 0 Å². The van der Waals surface area contributed by atoms with Gasteiger partial charge < -0.3 is 0 Å². The topological polar surface area (TPSA) is 17.8 Å². The summed E-state index contributed by atoms with van der Waals surface area (Å²) in [5.41, 5.74) is 1.04. The van der Waals surface area contributed by atoms with Gasteiger partial charge in [-0.2, -0.15) is 17.7 Å². The number of thiol groups is 1. The average Bonchev–Trinajstić information content (AvgIpc) is 2.14. The Morgan fingerprint density at radius 1 is 1.78 bits per heavy atom. The molecule has 0 amide bonds. The molecule has 0 aliphatic rings. The van der Waals surface area contributed by atoms with Gasteiger partial charge in [0.2, 0.25) is 0 Å². The SMILES string of the molecule is Cc1ccn(C(C)S)n1. The van der Waals surface area contributed by atoms with Gasteiger partial charge in [-0.25, -0.2) is 0 Å². The van der Waals surface area contributed by atoms with Crippen molar-refractivity contribution in [1.29, 1.82) is 0 Å². The van der Waals surface area contributed by atoms with E-state index in [0.29, 0.717) is 0 Å². The van der Waals surface area contributed by atoms with Crippen molar-refractivity contribution < 1.29 is 0 Å². The summed E-state index contributed by atoms with van der Waals surface area (Å²) in [6.07, 6.45) is 1.92. The van der Waals surface area contributed by atoms with Gasteiger partial charge in [0.1, 0.15) is 0 Å². The maximum absolute atomic E-state index is 4.20. The van der Waals surface area contributed by atoms with E-state index in [9.17, 15) is 0 Å². The number of rotatable bonds is 1. The number of aryl methyl sites for hydroxylation is 1. The largest absolute Gasteiger partial charge is 0.260 e. The molecule has 1 rings (SSSR count). The lowest BCUT2D eigenvalue weighted by Crippen LogP contribution is -1.98. The summed E-state index contributed by atoms with van der Waals surface area (Å²) in [5.74, 6) is 0. The molecule has 1 heterocycles. The molecule has 0 saturated carbocycles. The summed E-state index contributed by atoms with van der Waals surface area (Å²) in [5, 5.41) is 4.33. The number of aromatic nitrogens is 2. The quantitative estimate of drug-likeness (QED) is 0.590. The van der Waals surface area contributed by atoms with Gasteiger partial charge in [0.05, 0.1) is 11.1 Å². The van der Waals surface area contributed by atoms with Crippen LogP contribution in [0.15, 0.2) is 12.3 Å². The second-order valence-electron chi connectivity index (χ2n) is 2.07. The highest BCUT2D eigenvalue weighted by molar-refractivity contribution is 7.80. The predicted octanol–water partition coefficient (Wildman–Crippen LogP) is 1.64. The molecular weight excluding hydrogens is 132 g/mol. The minimum Gasteiger partial charge on any atom is -0.260 e. The molecule has 1 unspecified atom stereocenters. The Kier molecular flexibility index (Phi) is 1.81.